The summed E-state index contributed by atoms with van der Waals surface area (Å²) in [6.45, 7) is 4.89. The molecule has 0 atom stereocenters. The van der Waals surface area contributed by atoms with Crippen molar-refractivity contribution in [2.75, 3.05) is 12.4 Å². The minimum atomic E-state index is 0.0117. The highest BCUT2D eigenvalue weighted by molar-refractivity contribution is 7.13. The van der Waals surface area contributed by atoms with E-state index in [9.17, 15) is 4.79 Å². The molecule has 0 fully saturated rings. The van der Waals surface area contributed by atoms with E-state index in [4.69, 9.17) is 11.6 Å². The van der Waals surface area contributed by atoms with Crippen LogP contribution in [0.3, 0.4) is 0 Å². The van der Waals surface area contributed by atoms with Crippen LogP contribution < -0.4 is 0 Å². The molecule has 0 aliphatic carbocycles. The molecule has 1 amide bonds. The number of amides is 1. The van der Waals surface area contributed by atoms with Gasteiger partial charge < -0.3 is 4.90 Å². The average Bonchev–Trinajstić information content (AvgIpc) is 2.77. The lowest BCUT2D eigenvalue weighted by molar-refractivity contribution is 0.0757. The molecule has 5 heteroatoms. The fraction of sp³-hybridized carbons (Fsp3) is 0.333. The molecule has 0 radical (unpaired) electrons. The number of alkyl halides is 1. The first kappa shape index (κ1) is 15.0. The van der Waals surface area contributed by atoms with Gasteiger partial charge in [0.2, 0.25) is 0 Å². The molecule has 0 saturated heterocycles. The molecule has 0 unspecified atom stereocenters. The zero-order valence-corrected chi connectivity index (χ0v) is 13.2. The minimum Gasteiger partial charge on any atom is -0.332 e. The van der Waals surface area contributed by atoms with Crippen LogP contribution in [0.2, 0.25) is 0 Å². The van der Waals surface area contributed by atoms with Crippen LogP contribution in [-0.4, -0.2) is 28.2 Å². The highest BCUT2D eigenvalue weighted by Gasteiger charge is 2.20. The zero-order valence-electron chi connectivity index (χ0n) is 11.6. The van der Waals surface area contributed by atoms with E-state index < -0.39 is 0 Å². The average molecular weight is 309 g/mol. The summed E-state index contributed by atoms with van der Waals surface area (Å²) in [5.74, 6) is 0.438. The number of aryl methyl sites for hydroxylation is 2. The van der Waals surface area contributed by atoms with Gasteiger partial charge in [0.15, 0.2) is 0 Å². The van der Waals surface area contributed by atoms with E-state index in [2.05, 4.69) is 4.98 Å². The maximum atomic E-state index is 12.6. The second-order valence-corrected chi connectivity index (χ2v) is 6.13. The van der Waals surface area contributed by atoms with Crippen LogP contribution in [0.15, 0.2) is 30.3 Å². The molecule has 0 N–H and O–H groups in total. The lowest BCUT2D eigenvalue weighted by Gasteiger charge is -2.21. The summed E-state index contributed by atoms with van der Waals surface area (Å²) in [6.07, 6.45) is 0. The minimum absolute atomic E-state index is 0.0117. The van der Waals surface area contributed by atoms with Crippen LogP contribution in [0.4, 0.5) is 0 Å². The SMILES string of the molecule is Cc1nc(C)c(C(=O)N(CCCl)Cc2ccccc2)s1. The molecule has 2 aromatic rings. The number of carbonyl (C=O) groups excluding carboxylic acids is 1. The first-order valence-electron chi connectivity index (χ1n) is 6.45. The number of halogens is 1. The maximum Gasteiger partial charge on any atom is 0.266 e. The third-order valence-electron chi connectivity index (χ3n) is 2.96. The number of nitrogens with zero attached hydrogens (tertiary/aromatic N) is 2. The Morgan fingerprint density at radius 1 is 1.30 bits per heavy atom. The smallest absolute Gasteiger partial charge is 0.266 e. The molecule has 1 aromatic heterocycles. The van der Waals surface area contributed by atoms with Gasteiger partial charge in [-0.1, -0.05) is 30.3 Å². The van der Waals surface area contributed by atoms with Gasteiger partial charge in [-0.15, -0.1) is 22.9 Å². The molecule has 0 spiro atoms. The van der Waals surface area contributed by atoms with Crippen molar-refractivity contribution in [1.82, 2.24) is 9.88 Å². The zero-order chi connectivity index (χ0) is 14.5. The van der Waals surface area contributed by atoms with Gasteiger partial charge in [0.25, 0.3) is 5.91 Å². The summed E-state index contributed by atoms with van der Waals surface area (Å²) < 4.78 is 0. The van der Waals surface area contributed by atoms with Crippen molar-refractivity contribution in [2.24, 2.45) is 0 Å². The quantitative estimate of drug-likeness (QED) is 0.790. The molecule has 20 heavy (non-hydrogen) atoms. The highest BCUT2D eigenvalue weighted by Crippen LogP contribution is 2.20. The Hall–Kier alpha value is -1.39. The number of thiazole rings is 1. The van der Waals surface area contributed by atoms with Crippen molar-refractivity contribution in [2.45, 2.75) is 20.4 Å². The predicted octanol–water partition coefficient (Wildman–Crippen LogP) is 3.64. The van der Waals surface area contributed by atoms with Crippen molar-refractivity contribution in [1.29, 1.82) is 0 Å². The van der Waals surface area contributed by atoms with E-state index in [1.54, 1.807) is 4.90 Å². The molecule has 0 bridgehead atoms. The van der Waals surface area contributed by atoms with E-state index >= 15 is 0 Å². The van der Waals surface area contributed by atoms with Gasteiger partial charge in [0.05, 0.1) is 10.7 Å². The maximum absolute atomic E-state index is 12.6. The molecule has 3 nitrogen and oxygen atoms in total. The van der Waals surface area contributed by atoms with E-state index in [1.165, 1.54) is 11.3 Å². The second kappa shape index (κ2) is 6.86. The van der Waals surface area contributed by atoms with Gasteiger partial charge in [-0.25, -0.2) is 4.98 Å². The fourth-order valence-corrected chi connectivity index (χ4v) is 3.12. The van der Waals surface area contributed by atoms with Crippen LogP contribution in [0, 0.1) is 13.8 Å². The largest absolute Gasteiger partial charge is 0.332 e. The van der Waals surface area contributed by atoms with Gasteiger partial charge in [0.1, 0.15) is 4.88 Å². The van der Waals surface area contributed by atoms with Gasteiger partial charge >= 0.3 is 0 Å². The molecular formula is C15H17ClN2OS. The monoisotopic (exact) mass is 308 g/mol. The van der Waals surface area contributed by atoms with Crippen molar-refractivity contribution < 1.29 is 4.79 Å². The van der Waals surface area contributed by atoms with E-state index in [0.29, 0.717) is 23.8 Å². The van der Waals surface area contributed by atoms with Crippen LogP contribution in [-0.2, 0) is 6.54 Å². The number of hydrogen-bond donors (Lipinski definition) is 0. The molecule has 1 heterocycles. The van der Waals surface area contributed by atoms with Gasteiger partial charge in [-0.3, -0.25) is 4.79 Å². The Morgan fingerprint density at radius 3 is 2.55 bits per heavy atom. The standard InChI is InChI=1S/C15H17ClN2OS/c1-11-14(20-12(2)17-11)15(19)18(9-8-16)10-13-6-4-3-5-7-13/h3-7H,8-10H2,1-2H3. The third kappa shape index (κ3) is 3.58. The number of carbonyl (C=O) groups is 1. The molecule has 106 valence electrons. The van der Waals surface area contributed by atoms with Crippen molar-refractivity contribution in [3.8, 4) is 0 Å². The number of rotatable bonds is 5. The Kier molecular flexibility index (Phi) is 5.15. The fourth-order valence-electron chi connectivity index (χ4n) is 2.03. The Bertz CT molecular complexity index is 583. The van der Waals surface area contributed by atoms with Gasteiger partial charge in [-0.2, -0.15) is 0 Å². The Labute approximate surface area is 128 Å². The first-order valence-corrected chi connectivity index (χ1v) is 7.80. The summed E-state index contributed by atoms with van der Waals surface area (Å²) in [4.78, 5) is 19.4. The summed E-state index contributed by atoms with van der Waals surface area (Å²) >= 11 is 7.27. The molecule has 0 aliphatic rings. The Balaban J connectivity index is 2.20. The van der Waals surface area contributed by atoms with E-state index in [1.807, 2.05) is 44.2 Å². The van der Waals surface area contributed by atoms with E-state index in [0.717, 1.165) is 16.3 Å². The van der Waals surface area contributed by atoms with Gasteiger partial charge in [0, 0.05) is 19.0 Å². The summed E-state index contributed by atoms with van der Waals surface area (Å²) in [6, 6.07) is 9.94. The molecule has 0 aliphatic heterocycles. The second-order valence-electron chi connectivity index (χ2n) is 4.55. The van der Waals surface area contributed by atoms with Crippen molar-refractivity contribution in [3.05, 3.63) is 51.5 Å². The molecule has 1 aromatic carbocycles. The third-order valence-corrected chi connectivity index (χ3v) is 4.19. The topological polar surface area (TPSA) is 33.2 Å². The first-order chi connectivity index (χ1) is 9.61. The normalized spacial score (nSPS) is 10.6. The number of benzene rings is 1. The lowest BCUT2D eigenvalue weighted by Crippen LogP contribution is -2.32. The van der Waals surface area contributed by atoms with Crippen LogP contribution >= 0.6 is 22.9 Å². The summed E-state index contributed by atoms with van der Waals surface area (Å²) in [5, 5.41) is 0.913. The lowest BCUT2D eigenvalue weighted by atomic mass is 10.2. The number of hydrogen-bond acceptors (Lipinski definition) is 3. The highest BCUT2D eigenvalue weighted by atomic mass is 35.5. The van der Waals surface area contributed by atoms with Crippen molar-refractivity contribution >= 4 is 28.8 Å². The molecule has 0 saturated carbocycles. The van der Waals surface area contributed by atoms with Crippen LogP contribution in [0.25, 0.3) is 0 Å². The molecule has 2 rings (SSSR count). The van der Waals surface area contributed by atoms with E-state index in [-0.39, 0.29) is 5.91 Å². The predicted molar refractivity (Wildman–Crippen MR) is 83.5 cm³/mol. The van der Waals surface area contributed by atoms with Crippen molar-refractivity contribution in [3.63, 3.8) is 0 Å². The number of aromatic nitrogens is 1. The Morgan fingerprint density at radius 2 is 2.00 bits per heavy atom. The van der Waals surface area contributed by atoms with Crippen LogP contribution in [0.1, 0.15) is 25.9 Å². The van der Waals surface area contributed by atoms with Crippen LogP contribution in [0.5, 0.6) is 0 Å². The molecular weight excluding hydrogens is 292 g/mol. The summed E-state index contributed by atoms with van der Waals surface area (Å²) in [5.41, 5.74) is 1.90. The van der Waals surface area contributed by atoms with Gasteiger partial charge in [-0.05, 0) is 19.4 Å². The summed E-state index contributed by atoms with van der Waals surface area (Å²) in [7, 11) is 0.